The van der Waals surface area contributed by atoms with Crippen LogP contribution in [0.25, 0.3) is 0 Å². The predicted octanol–water partition coefficient (Wildman–Crippen LogP) is 3.60. The largest absolute Gasteiger partial charge is 0.488 e. The van der Waals surface area contributed by atoms with E-state index in [4.69, 9.17) is 10.5 Å². The van der Waals surface area contributed by atoms with Crippen LogP contribution in [0.3, 0.4) is 0 Å². The highest BCUT2D eigenvalue weighted by atomic mass is 19.1. The number of likely N-dealkylation sites (N-methyl/N-ethyl adjacent to an activating group) is 1. The molecule has 4 nitrogen and oxygen atoms in total. The first-order valence-corrected chi connectivity index (χ1v) is 6.87. The van der Waals surface area contributed by atoms with E-state index in [2.05, 4.69) is 18.1 Å². The van der Waals surface area contributed by atoms with E-state index in [1.165, 1.54) is 6.20 Å². The zero-order valence-corrected chi connectivity index (χ0v) is 13.6. The minimum Gasteiger partial charge on any atom is -0.488 e. The Kier molecular flexibility index (Phi) is 6.50. The molecule has 0 unspecified atom stereocenters. The molecule has 0 amide bonds. The quantitative estimate of drug-likeness (QED) is 0.616. The lowest BCUT2D eigenvalue weighted by molar-refractivity contribution is 0.203. The van der Waals surface area contributed by atoms with Crippen LogP contribution in [-0.2, 0) is 11.3 Å². The number of hydrogen-bond acceptors (Lipinski definition) is 4. The van der Waals surface area contributed by atoms with Crippen molar-refractivity contribution in [3.05, 3.63) is 77.8 Å². The molecule has 23 heavy (non-hydrogen) atoms. The molecular weight excluding hydrogens is 300 g/mol. The zero-order chi connectivity index (χ0) is 17.6. The summed E-state index contributed by atoms with van der Waals surface area (Å²) in [5, 5.41) is 0. The first-order valence-electron chi connectivity index (χ1n) is 6.87. The summed E-state index contributed by atoms with van der Waals surface area (Å²) in [5.74, 6) is -1.17. The lowest BCUT2D eigenvalue weighted by atomic mass is 10.2. The average molecular weight is 321 g/mol. The van der Waals surface area contributed by atoms with Crippen LogP contribution >= 0.6 is 0 Å². The maximum absolute atomic E-state index is 13.5. The first kappa shape index (κ1) is 18.4. The molecule has 1 heterocycles. The van der Waals surface area contributed by atoms with Crippen molar-refractivity contribution < 1.29 is 13.5 Å². The highest BCUT2D eigenvalue weighted by Crippen LogP contribution is 2.17. The highest BCUT2D eigenvalue weighted by Gasteiger charge is 2.08. The second-order valence-corrected chi connectivity index (χ2v) is 4.98. The second kappa shape index (κ2) is 8.12. The molecule has 0 saturated carbocycles. The molecule has 2 N–H and O–H groups in total. The smallest absolute Gasteiger partial charge is 0.151 e. The van der Waals surface area contributed by atoms with Crippen LogP contribution in [0.4, 0.5) is 8.78 Å². The van der Waals surface area contributed by atoms with E-state index in [9.17, 15) is 8.78 Å². The number of nitrogens with two attached hydrogens (primary N) is 1. The number of pyridine rings is 1. The fourth-order valence-corrected chi connectivity index (χ4v) is 1.66. The van der Waals surface area contributed by atoms with E-state index in [1.807, 2.05) is 25.8 Å². The van der Waals surface area contributed by atoms with Crippen LogP contribution in [0.2, 0.25) is 0 Å². The summed E-state index contributed by atoms with van der Waals surface area (Å²) in [4.78, 5) is 5.47. The molecule has 124 valence electrons. The monoisotopic (exact) mass is 321 g/mol. The van der Waals surface area contributed by atoms with E-state index >= 15 is 0 Å². The second-order valence-electron chi connectivity index (χ2n) is 4.98. The molecular formula is C17H21F2N3O. The third-order valence-electron chi connectivity index (χ3n) is 3.29. The van der Waals surface area contributed by atoms with Crippen LogP contribution in [0.5, 0.6) is 0 Å². The number of halogens is 2. The Labute approximate surface area is 135 Å². The molecule has 1 rings (SSSR count). The van der Waals surface area contributed by atoms with Gasteiger partial charge in [0.1, 0.15) is 23.9 Å². The standard InChI is InChI=1S/C17H21F2N3O/c1-11(8-20)14(4)22(5)12(2)6-13(3)23-10-17-16(19)7-15(18)9-21-17/h6-9H,3-4,10,20H2,1-2,5H3/b11-8-,12-6-. The van der Waals surface area contributed by atoms with E-state index in [0.717, 1.165) is 29.2 Å². The first-order chi connectivity index (χ1) is 10.8. The normalized spacial score (nSPS) is 12.0. The van der Waals surface area contributed by atoms with Gasteiger partial charge in [-0.05, 0) is 31.7 Å². The number of aromatic nitrogens is 1. The van der Waals surface area contributed by atoms with Crippen molar-refractivity contribution in [3.63, 3.8) is 0 Å². The molecule has 1 aromatic rings. The van der Waals surface area contributed by atoms with E-state index in [-0.39, 0.29) is 12.3 Å². The van der Waals surface area contributed by atoms with Crippen molar-refractivity contribution in [2.75, 3.05) is 7.05 Å². The molecule has 6 heteroatoms. The van der Waals surface area contributed by atoms with Crippen molar-refractivity contribution >= 4 is 0 Å². The Balaban J connectivity index is 2.69. The molecule has 0 aliphatic rings. The molecule has 1 aromatic heterocycles. The zero-order valence-electron chi connectivity index (χ0n) is 13.6. The number of ether oxygens (including phenoxy) is 1. The summed E-state index contributed by atoms with van der Waals surface area (Å²) >= 11 is 0. The molecule has 0 saturated heterocycles. The minimum atomic E-state index is -0.757. The Hall–Kier alpha value is -2.63. The Morgan fingerprint density at radius 1 is 1.39 bits per heavy atom. The van der Waals surface area contributed by atoms with Crippen molar-refractivity contribution in [2.24, 2.45) is 5.73 Å². The van der Waals surface area contributed by atoms with Gasteiger partial charge in [-0.15, -0.1) is 0 Å². The number of nitrogens with zero attached hydrogens (tertiary/aromatic N) is 2. The van der Waals surface area contributed by atoms with Gasteiger partial charge in [0.25, 0.3) is 0 Å². The van der Waals surface area contributed by atoms with Crippen LogP contribution in [-0.4, -0.2) is 16.9 Å². The molecule has 0 aromatic carbocycles. The van der Waals surface area contributed by atoms with Gasteiger partial charge in [0.15, 0.2) is 5.82 Å². The van der Waals surface area contributed by atoms with Crippen molar-refractivity contribution in [3.8, 4) is 0 Å². The lowest BCUT2D eigenvalue weighted by Gasteiger charge is -2.23. The minimum absolute atomic E-state index is 0.0123. The van der Waals surface area contributed by atoms with Crippen molar-refractivity contribution in [1.82, 2.24) is 9.88 Å². The predicted molar refractivity (Wildman–Crippen MR) is 86.7 cm³/mol. The molecule has 0 radical (unpaired) electrons. The number of allylic oxidation sites excluding steroid dienone is 3. The third-order valence-corrected chi connectivity index (χ3v) is 3.29. The summed E-state index contributed by atoms with van der Waals surface area (Å²) < 4.78 is 31.6. The Bertz CT molecular complexity index is 666. The van der Waals surface area contributed by atoms with E-state index < -0.39 is 11.6 Å². The van der Waals surface area contributed by atoms with Gasteiger partial charge in [0.05, 0.1) is 6.20 Å². The molecule has 0 atom stereocenters. The third kappa shape index (κ3) is 5.25. The van der Waals surface area contributed by atoms with Crippen molar-refractivity contribution in [2.45, 2.75) is 20.5 Å². The number of hydrogen-bond donors (Lipinski definition) is 1. The Morgan fingerprint density at radius 3 is 2.61 bits per heavy atom. The fraction of sp³-hybridized carbons (Fsp3) is 0.235. The maximum atomic E-state index is 13.5. The highest BCUT2D eigenvalue weighted by molar-refractivity contribution is 5.28. The average Bonchev–Trinajstić information content (AvgIpc) is 2.51. The van der Waals surface area contributed by atoms with Gasteiger partial charge in [0, 0.05) is 24.5 Å². The lowest BCUT2D eigenvalue weighted by Crippen LogP contribution is -2.16. The van der Waals surface area contributed by atoms with Gasteiger partial charge in [-0.25, -0.2) is 8.78 Å². The summed E-state index contributed by atoms with van der Waals surface area (Å²) in [5.41, 5.74) is 7.87. The van der Waals surface area contributed by atoms with Crippen molar-refractivity contribution in [1.29, 1.82) is 0 Å². The maximum Gasteiger partial charge on any atom is 0.151 e. The van der Waals surface area contributed by atoms with E-state index in [0.29, 0.717) is 5.76 Å². The van der Waals surface area contributed by atoms with Gasteiger partial charge < -0.3 is 15.4 Å². The molecule has 0 spiro atoms. The topological polar surface area (TPSA) is 51.4 Å². The van der Waals surface area contributed by atoms with Gasteiger partial charge in [-0.2, -0.15) is 0 Å². The summed E-state index contributed by atoms with van der Waals surface area (Å²) in [7, 11) is 1.83. The van der Waals surface area contributed by atoms with Gasteiger partial charge in [0.2, 0.25) is 0 Å². The summed E-state index contributed by atoms with van der Waals surface area (Å²) in [6.07, 6.45) is 4.09. The van der Waals surface area contributed by atoms with Gasteiger partial charge in [-0.1, -0.05) is 13.2 Å². The van der Waals surface area contributed by atoms with Crippen LogP contribution < -0.4 is 5.73 Å². The Morgan fingerprint density at radius 2 is 2.04 bits per heavy atom. The van der Waals surface area contributed by atoms with Crippen LogP contribution in [0, 0.1) is 11.6 Å². The summed E-state index contributed by atoms with van der Waals surface area (Å²) in [6.45, 7) is 11.2. The van der Waals surface area contributed by atoms with Gasteiger partial charge in [-0.3, -0.25) is 4.98 Å². The molecule has 0 bridgehead atoms. The van der Waals surface area contributed by atoms with Crippen LogP contribution in [0.15, 0.2) is 60.4 Å². The summed E-state index contributed by atoms with van der Waals surface area (Å²) in [6, 6.07) is 0.759. The SMILES string of the molecule is C=C(/C=C(/C)N(C)C(=C)/C(C)=C\N)OCc1ncc(F)cc1F. The van der Waals surface area contributed by atoms with Gasteiger partial charge >= 0.3 is 0 Å². The molecule has 0 aliphatic carbocycles. The molecule has 0 fully saturated rings. The van der Waals surface area contributed by atoms with E-state index in [1.54, 1.807) is 6.08 Å². The fourth-order valence-electron chi connectivity index (χ4n) is 1.66. The molecule has 0 aliphatic heterocycles. The van der Waals surface area contributed by atoms with Crippen LogP contribution in [0.1, 0.15) is 19.5 Å². The number of rotatable bonds is 7.